The molecule has 0 aliphatic rings. The summed E-state index contributed by atoms with van der Waals surface area (Å²) in [5, 5.41) is 13.7. The van der Waals surface area contributed by atoms with Crippen molar-refractivity contribution >= 4 is 33.3 Å². The maximum atomic E-state index is 12.4. The average molecular weight is 354 g/mol. The molecule has 0 radical (unpaired) electrons. The summed E-state index contributed by atoms with van der Waals surface area (Å²) in [6.45, 7) is 6.15. The highest BCUT2D eigenvalue weighted by atomic mass is 32.1. The Morgan fingerprint density at radius 1 is 1.20 bits per heavy atom. The number of pyridine rings is 1. The number of fused-ring (bicyclic) bond motifs is 1. The van der Waals surface area contributed by atoms with Gasteiger partial charge in [-0.2, -0.15) is 0 Å². The molecule has 1 aromatic carbocycles. The fraction of sp³-hybridized carbons (Fsp3) is 0.368. The van der Waals surface area contributed by atoms with Gasteiger partial charge in [0, 0.05) is 17.5 Å². The Morgan fingerprint density at radius 2 is 2.00 bits per heavy atom. The smallest absolute Gasteiger partial charge is 0.230 e. The van der Waals surface area contributed by atoms with E-state index < -0.39 is 0 Å². The van der Waals surface area contributed by atoms with Crippen LogP contribution in [0.4, 0.5) is 5.13 Å². The monoisotopic (exact) mass is 354 g/mol. The maximum Gasteiger partial charge on any atom is 0.230 e. The van der Waals surface area contributed by atoms with E-state index in [-0.39, 0.29) is 5.91 Å². The first-order valence-corrected chi connectivity index (χ1v) is 9.37. The van der Waals surface area contributed by atoms with Crippen LogP contribution in [0.3, 0.4) is 0 Å². The molecule has 5 nitrogen and oxygen atoms in total. The summed E-state index contributed by atoms with van der Waals surface area (Å²) in [5.74, 6) is -0.0820. The zero-order chi connectivity index (χ0) is 17.8. The van der Waals surface area contributed by atoms with Crippen LogP contribution in [0.15, 0.2) is 24.3 Å². The van der Waals surface area contributed by atoms with E-state index in [2.05, 4.69) is 27.4 Å². The number of hydrogen-bond acceptors (Lipinski definition) is 5. The number of anilines is 1. The third kappa shape index (κ3) is 4.02. The lowest BCUT2D eigenvalue weighted by atomic mass is 9.99. The van der Waals surface area contributed by atoms with Gasteiger partial charge >= 0.3 is 0 Å². The molecule has 0 saturated carbocycles. The summed E-state index contributed by atoms with van der Waals surface area (Å²) in [7, 11) is 0. The van der Waals surface area contributed by atoms with Gasteiger partial charge in [-0.05, 0) is 37.5 Å². The molecule has 130 valence electrons. The lowest BCUT2D eigenvalue weighted by molar-refractivity contribution is -0.115. The Bertz CT molecular complexity index is 904. The quantitative estimate of drug-likeness (QED) is 0.719. The molecule has 1 amide bonds. The van der Waals surface area contributed by atoms with E-state index in [0.29, 0.717) is 11.6 Å². The van der Waals surface area contributed by atoms with E-state index in [0.717, 1.165) is 52.0 Å². The SMILES string of the molecule is CCCCc1nnc(NC(=O)Cc2c(C)nc3ccccc3c2C)s1. The van der Waals surface area contributed by atoms with Crippen molar-refractivity contribution in [3.8, 4) is 0 Å². The predicted octanol–water partition coefficient (Wildman–Crippen LogP) is 4.23. The molecule has 3 aromatic rings. The van der Waals surface area contributed by atoms with Crippen molar-refractivity contribution in [2.75, 3.05) is 5.32 Å². The minimum atomic E-state index is -0.0820. The fourth-order valence-corrected chi connectivity index (χ4v) is 3.69. The number of amides is 1. The summed E-state index contributed by atoms with van der Waals surface area (Å²) >= 11 is 1.45. The van der Waals surface area contributed by atoms with Gasteiger partial charge in [0.05, 0.1) is 11.9 Å². The summed E-state index contributed by atoms with van der Waals surface area (Å²) in [6.07, 6.45) is 3.41. The topological polar surface area (TPSA) is 67.8 Å². The molecule has 3 rings (SSSR count). The molecule has 0 bridgehead atoms. The standard InChI is InChI=1S/C19H22N4OS/c1-4-5-10-18-22-23-19(25-18)21-17(24)11-15-12(2)14-8-6-7-9-16(14)20-13(15)3/h6-9H,4-5,10-11H2,1-3H3,(H,21,23,24). The first-order chi connectivity index (χ1) is 12.1. The molecule has 0 fully saturated rings. The van der Waals surface area contributed by atoms with E-state index in [4.69, 9.17) is 0 Å². The Morgan fingerprint density at radius 3 is 2.80 bits per heavy atom. The second-order valence-corrected chi connectivity index (χ2v) is 7.21. The first-order valence-electron chi connectivity index (χ1n) is 8.55. The van der Waals surface area contributed by atoms with Gasteiger partial charge in [0.15, 0.2) is 0 Å². The Kier molecular flexibility index (Phi) is 5.38. The molecule has 0 saturated heterocycles. The molecule has 25 heavy (non-hydrogen) atoms. The zero-order valence-corrected chi connectivity index (χ0v) is 15.6. The van der Waals surface area contributed by atoms with Crippen LogP contribution in [0, 0.1) is 13.8 Å². The van der Waals surface area contributed by atoms with Crippen molar-refractivity contribution in [3.05, 3.63) is 46.1 Å². The predicted molar refractivity (Wildman–Crippen MR) is 102 cm³/mol. The Hall–Kier alpha value is -2.34. The van der Waals surface area contributed by atoms with Crippen molar-refractivity contribution in [1.82, 2.24) is 15.2 Å². The van der Waals surface area contributed by atoms with Gasteiger partial charge in [-0.25, -0.2) is 0 Å². The largest absolute Gasteiger partial charge is 0.300 e. The number of carbonyl (C=O) groups excluding carboxylic acids is 1. The zero-order valence-electron chi connectivity index (χ0n) is 14.8. The summed E-state index contributed by atoms with van der Waals surface area (Å²) in [5.41, 5.74) is 3.95. The molecule has 1 N–H and O–H groups in total. The number of para-hydroxylation sites is 1. The average Bonchev–Trinajstić information content (AvgIpc) is 3.04. The fourth-order valence-electron chi connectivity index (χ4n) is 2.89. The Labute approximate surface area is 151 Å². The molecule has 0 aliphatic carbocycles. The van der Waals surface area contributed by atoms with Crippen LogP contribution in [0.2, 0.25) is 0 Å². The third-order valence-corrected chi connectivity index (χ3v) is 5.18. The van der Waals surface area contributed by atoms with Crippen molar-refractivity contribution in [2.24, 2.45) is 0 Å². The molecule has 0 spiro atoms. The number of aromatic nitrogens is 3. The molecule has 0 atom stereocenters. The van der Waals surface area contributed by atoms with Crippen LogP contribution in [0.5, 0.6) is 0 Å². The van der Waals surface area contributed by atoms with E-state index in [9.17, 15) is 4.79 Å². The van der Waals surface area contributed by atoms with Crippen molar-refractivity contribution < 1.29 is 4.79 Å². The number of benzene rings is 1. The third-order valence-electron chi connectivity index (χ3n) is 4.28. The van der Waals surface area contributed by atoms with Crippen LogP contribution in [-0.4, -0.2) is 21.1 Å². The number of nitrogens with zero attached hydrogens (tertiary/aromatic N) is 3. The second-order valence-electron chi connectivity index (χ2n) is 6.15. The number of aryl methyl sites for hydroxylation is 3. The molecule has 6 heteroatoms. The molecular weight excluding hydrogens is 332 g/mol. The second kappa shape index (κ2) is 7.70. The van der Waals surface area contributed by atoms with Gasteiger partial charge in [-0.3, -0.25) is 9.78 Å². The molecule has 0 aliphatic heterocycles. The van der Waals surface area contributed by atoms with Gasteiger partial charge < -0.3 is 5.32 Å². The van der Waals surface area contributed by atoms with E-state index in [1.807, 2.05) is 38.1 Å². The lowest BCUT2D eigenvalue weighted by Gasteiger charge is -2.12. The number of carbonyl (C=O) groups is 1. The highest BCUT2D eigenvalue weighted by Gasteiger charge is 2.14. The summed E-state index contributed by atoms with van der Waals surface area (Å²) in [6, 6.07) is 8.02. The summed E-state index contributed by atoms with van der Waals surface area (Å²) < 4.78 is 0. The van der Waals surface area contributed by atoms with Gasteiger partial charge in [0.1, 0.15) is 5.01 Å². The molecule has 2 aromatic heterocycles. The number of unbranched alkanes of at least 4 members (excludes halogenated alkanes) is 1. The highest BCUT2D eigenvalue weighted by Crippen LogP contribution is 2.23. The lowest BCUT2D eigenvalue weighted by Crippen LogP contribution is -2.16. The first kappa shape index (κ1) is 17.5. The molecule has 0 unspecified atom stereocenters. The van der Waals surface area contributed by atoms with E-state index >= 15 is 0 Å². The molecule has 2 heterocycles. The van der Waals surface area contributed by atoms with Gasteiger partial charge in [0.25, 0.3) is 0 Å². The van der Waals surface area contributed by atoms with Crippen LogP contribution < -0.4 is 5.32 Å². The van der Waals surface area contributed by atoms with Gasteiger partial charge in [0.2, 0.25) is 11.0 Å². The van der Waals surface area contributed by atoms with Crippen molar-refractivity contribution in [1.29, 1.82) is 0 Å². The highest BCUT2D eigenvalue weighted by molar-refractivity contribution is 7.15. The van der Waals surface area contributed by atoms with E-state index in [1.165, 1.54) is 11.3 Å². The number of hydrogen-bond donors (Lipinski definition) is 1. The van der Waals surface area contributed by atoms with Crippen molar-refractivity contribution in [3.63, 3.8) is 0 Å². The number of rotatable bonds is 6. The normalized spacial score (nSPS) is 11.0. The van der Waals surface area contributed by atoms with Gasteiger partial charge in [-0.1, -0.05) is 42.9 Å². The Balaban J connectivity index is 1.74. The van der Waals surface area contributed by atoms with Crippen molar-refractivity contribution in [2.45, 2.75) is 46.5 Å². The summed E-state index contributed by atoms with van der Waals surface area (Å²) in [4.78, 5) is 17.1. The van der Waals surface area contributed by atoms with Crippen LogP contribution >= 0.6 is 11.3 Å². The van der Waals surface area contributed by atoms with E-state index in [1.54, 1.807) is 0 Å². The maximum absolute atomic E-state index is 12.4. The molecular formula is C19H22N4OS. The van der Waals surface area contributed by atoms with Crippen LogP contribution in [0.25, 0.3) is 10.9 Å². The van der Waals surface area contributed by atoms with Crippen LogP contribution in [0.1, 0.15) is 41.6 Å². The van der Waals surface area contributed by atoms with Crippen LogP contribution in [-0.2, 0) is 17.6 Å². The van der Waals surface area contributed by atoms with Gasteiger partial charge in [-0.15, -0.1) is 10.2 Å². The minimum absolute atomic E-state index is 0.0820. The number of nitrogens with one attached hydrogen (secondary N) is 1. The minimum Gasteiger partial charge on any atom is -0.300 e.